The smallest absolute Gasteiger partial charge is 0.254 e. The number of anilines is 1. The standard InChI is InChI=1S/C20H20F3N3O5S/c1-25(12-17(27)24-16-7-6-15(21)18(22)19(16)23)20(28)13-2-4-14(5-3-13)32(29,30)26-8-10-31-11-9-26/h2-7H,8-12H2,1H3,(H,24,27). The van der Waals surface area contributed by atoms with Crippen molar-refractivity contribution in [2.75, 3.05) is 45.2 Å². The molecule has 8 nitrogen and oxygen atoms in total. The Bertz CT molecular complexity index is 1120. The Hall–Kier alpha value is -2.96. The van der Waals surface area contributed by atoms with Gasteiger partial charge in [-0.25, -0.2) is 21.6 Å². The molecule has 2 aromatic rings. The molecule has 3 rings (SSSR count). The minimum absolute atomic E-state index is 0.0187. The second-order valence-electron chi connectivity index (χ2n) is 6.97. The summed E-state index contributed by atoms with van der Waals surface area (Å²) in [5.74, 6) is -6.10. The number of rotatable bonds is 6. The molecule has 0 unspecified atom stereocenters. The fourth-order valence-electron chi connectivity index (χ4n) is 3.03. The number of carbonyl (C=O) groups is 2. The van der Waals surface area contributed by atoms with E-state index in [4.69, 9.17) is 4.74 Å². The zero-order valence-corrected chi connectivity index (χ0v) is 17.8. The molecule has 1 fully saturated rings. The molecule has 0 aromatic heterocycles. The zero-order valence-electron chi connectivity index (χ0n) is 17.0. The molecule has 2 amide bonds. The Morgan fingerprint density at radius 2 is 1.66 bits per heavy atom. The second-order valence-corrected chi connectivity index (χ2v) is 8.91. The van der Waals surface area contributed by atoms with Crippen molar-refractivity contribution in [2.45, 2.75) is 4.90 Å². The van der Waals surface area contributed by atoms with Gasteiger partial charge in [0.2, 0.25) is 15.9 Å². The average molecular weight is 471 g/mol. The predicted octanol–water partition coefficient (Wildman–Crippen LogP) is 1.84. The first-order valence-electron chi connectivity index (χ1n) is 9.48. The van der Waals surface area contributed by atoms with E-state index in [1.807, 2.05) is 0 Å². The number of sulfonamides is 1. The Balaban J connectivity index is 1.64. The van der Waals surface area contributed by atoms with E-state index in [-0.39, 0.29) is 23.5 Å². The van der Waals surface area contributed by atoms with Crippen LogP contribution in [0.1, 0.15) is 10.4 Å². The summed E-state index contributed by atoms with van der Waals surface area (Å²) in [6.07, 6.45) is 0. The van der Waals surface area contributed by atoms with Gasteiger partial charge in [-0.1, -0.05) is 0 Å². The maximum absolute atomic E-state index is 13.7. The van der Waals surface area contributed by atoms with E-state index in [0.29, 0.717) is 19.3 Å². The van der Waals surface area contributed by atoms with Crippen molar-refractivity contribution in [3.8, 4) is 0 Å². The van der Waals surface area contributed by atoms with Crippen LogP contribution in [0, 0.1) is 17.5 Å². The lowest BCUT2D eigenvalue weighted by Crippen LogP contribution is -2.40. The zero-order chi connectivity index (χ0) is 23.5. The van der Waals surface area contributed by atoms with Crippen molar-refractivity contribution in [3.05, 3.63) is 59.4 Å². The summed E-state index contributed by atoms with van der Waals surface area (Å²) in [5.41, 5.74) is -0.437. The van der Waals surface area contributed by atoms with Crippen molar-refractivity contribution in [1.29, 1.82) is 0 Å². The van der Waals surface area contributed by atoms with Crippen LogP contribution < -0.4 is 5.32 Å². The number of benzene rings is 2. The Labute approximate surface area is 182 Å². The van der Waals surface area contributed by atoms with Gasteiger partial charge in [-0.2, -0.15) is 4.31 Å². The summed E-state index contributed by atoms with van der Waals surface area (Å²) >= 11 is 0. The monoisotopic (exact) mass is 471 g/mol. The number of ether oxygens (including phenoxy) is 1. The highest BCUT2D eigenvalue weighted by molar-refractivity contribution is 7.89. The van der Waals surface area contributed by atoms with Gasteiger partial charge in [-0.3, -0.25) is 9.59 Å². The number of amides is 2. The van der Waals surface area contributed by atoms with E-state index >= 15 is 0 Å². The quantitative estimate of drug-likeness (QED) is 0.649. The molecule has 1 heterocycles. The minimum Gasteiger partial charge on any atom is -0.379 e. The van der Waals surface area contributed by atoms with Gasteiger partial charge in [0.15, 0.2) is 17.5 Å². The molecule has 12 heteroatoms. The largest absolute Gasteiger partial charge is 0.379 e. The number of hydrogen-bond donors (Lipinski definition) is 1. The summed E-state index contributed by atoms with van der Waals surface area (Å²) in [7, 11) is -2.41. The van der Waals surface area contributed by atoms with Gasteiger partial charge in [-0.05, 0) is 36.4 Å². The van der Waals surface area contributed by atoms with Crippen LogP contribution in [-0.4, -0.2) is 69.3 Å². The van der Waals surface area contributed by atoms with Crippen molar-refractivity contribution in [2.24, 2.45) is 0 Å². The van der Waals surface area contributed by atoms with E-state index in [0.717, 1.165) is 11.0 Å². The number of nitrogens with one attached hydrogen (secondary N) is 1. The molecule has 0 atom stereocenters. The van der Waals surface area contributed by atoms with Crippen LogP contribution in [0.4, 0.5) is 18.9 Å². The van der Waals surface area contributed by atoms with Gasteiger partial charge in [0.1, 0.15) is 0 Å². The van der Waals surface area contributed by atoms with Crippen molar-refractivity contribution < 1.29 is 35.9 Å². The lowest BCUT2D eigenvalue weighted by molar-refractivity contribution is -0.116. The lowest BCUT2D eigenvalue weighted by atomic mass is 10.2. The molecule has 0 bridgehead atoms. The van der Waals surface area contributed by atoms with Gasteiger partial charge < -0.3 is 15.0 Å². The van der Waals surface area contributed by atoms with E-state index in [9.17, 15) is 31.2 Å². The summed E-state index contributed by atoms with van der Waals surface area (Å²) in [6.45, 7) is 0.568. The molecule has 0 spiro atoms. The maximum atomic E-state index is 13.7. The topological polar surface area (TPSA) is 96.0 Å². The summed E-state index contributed by atoms with van der Waals surface area (Å²) in [5, 5.41) is 2.07. The molecule has 2 aromatic carbocycles. The number of halogens is 3. The Morgan fingerprint density at radius 3 is 2.28 bits per heavy atom. The van der Waals surface area contributed by atoms with Crippen LogP contribution in [0.2, 0.25) is 0 Å². The van der Waals surface area contributed by atoms with E-state index in [1.54, 1.807) is 0 Å². The van der Waals surface area contributed by atoms with Gasteiger partial charge in [-0.15, -0.1) is 0 Å². The fourth-order valence-corrected chi connectivity index (χ4v) is 4.43. The number of hydrogen-bond acceptors (Lipinski definition) is 5. The van der Waals surface area contributed by atoms with E-state index < -0.39 is 51.5 Å². The van der Waals surface area contributed by atoms with Crippen LogP contribution in [0.5, 0.6) is 0 Å². The van der Waals surface area contributed by atoms with Crippen molar-refractivity contribution in [3.63, 3.8) is 0 Å². The Morgan fingerprint density at radius 1 is 1.03 bits per heavy atom. The normalized spacial score (nSPS) is 14.8. The van der Waals surface area contributed by atoms with Gasteiger partial charge in [0.05, 0.1) is 30.3 Å². The van der Waals surface area contributed by atoms with Crippen LogP contribution in [-0.2, 0) is 19.6 Å². The van der Waals surface area contributed by atoms with E-state index in [2.05, 4.69) is 5.32 Å². The molecule has 1 aliphatic rings. The first kappa shape index (κ1) is 23.7. The second kappa shape index (κ2) is 9.67. The summed E-state index contributed by atoms with van der Waals surface area (Å²) < 4.78 is 71.6. The molecule has 0 saturated carbocycles. The molecular weight excluding hydrogens is 451 g/mol. The average Bonchev–Trinajstić information content (AvgIpc) is 2.79. The first-order valence-corrected chi connectivity index (χ1v) is 10.9. The van der Waals surface area contributed by atoms with Crippen molar-refractivity contribution in [1.82, 2.24) is 9.21 Å². The van der Waals surface area contributed by atoms with Gasteiger partial charge in [0.25, 0.3) is 5.91 Å². The summed E-state index contributed by atoms with van der Waals surface area (Å²) in [4.78, 5) is 25.7. The van der Waals surface area contributed by atoms with Crippen LogP contribution >= 0.6 is 0 Å². The third kappa shape index (κ3) is 5.09. The van der Waals surface area contributed by atoms with E-state index in [1.165, 1.54) is 35.6 Å². The number of nitrogens with zero attached hydrogens (tertiary/aromatic N) is 2. The molecule has 32 heavy (non-hydrogen) atoms. The third-order valence-electron chi connectivity index (χ3n) is 4.75. The van der Waals surface area contributed by atoms with Gasteiger partial charge in [0, 0.05) is 25.7 Å². The maximum Gasteiger partial charge on any atom is 0.254 e. The number of likely N-dealkylation sites (N-methyl/N-ethyl adjacent to an activating group) is 1. The van der Waals surface area contributed by atoms with Gasteiger partial charge >= 0.3 is 0 Å². The fraction of sp³-hybridized carbons (Fsp3) is 0.300. The number of morpholine rings is 1. The van der Waals surface area contributed by atoms with Crippen LogP contribution in [0.3, 0.4) is 0 Å². The molecular formula is C20H20F3N3O5S. The molecule has 0 radical (unpaired) electrons. The molecule has 0 aliphatic carbocycles. The highest BCUT2D eigenvalue weighted by atomic mass is 32.2. The highest BCUT2D eigenvalue weighted by Crippen LogP contribution is 2.20. The SMILES string of the molecule is CN(CC(=O)Nc1ccc(F)c(F)c1F)C(=O)c1ccc(S(=O)(=O)N2CCOCC2)cc1. The third-order valence-corrected chi connectivity index (χ3v) is 6.66. The predicted molar refractivity (Wildman–Crippen MR) is 108 cm³/mol. The molecule has 172 valence electrons. The lowest BCUT2D eigenvalue weighted by Gasteiger charge is -2.26. The summed E-state index contributed by atoms with van der Waals surface area (Å²) in [6, 6.07) is 6.75. The first-order chi connectivity index (χ1) is 15.1. The van der Waals surface area contributed by atoms with Crippen LogP contribution in [0.15, 0.2) is 41.3 Å². The van der Waals surface area contributed by atoms with Crippen molar-refractivity contribution >= 4 is 27.5 Å². The Kier molecular flexibility index (Phi) is 7.16. The molecule has 1 N–H and O–H groups in total. The minimum atomic E-state index is -3.72. The number of carbonyl (C=O) groups excluding carboxylic acids is 2. The molecule has 1 aliphatic heterocycles. The highest BCUT2D eigenvalue weighted by Gasteiger charge is 2.26. The molecule has 1 saturated heterocycles. The van der Waals surface area contributed by atoms with Crippen LogP contribution in [0.25, 0.3) is 0 Å².